The molecular weight excluding hydrogens is 484 g/mol. The number of amides is 5. The van der Waals surface area contributed by atoms with E-state index in [0.717, 1.165) is 12.8 Å². The largest absolute Gasteiger partial charge is 0.352 e. The third kappa shape index (κ3) is 14.0. The van der Waals surface area contributed by atoms with Crippen LogP contribution in [-0.4, -0.2) is 54.5 Å². The van der Waals surface area contributed by atoms with Crippen molar-refractivity contribution in [1.29, 1.82) is 0 Å². The second-order valence-corrected chi connectivity index (χ2v) is 11.0. The van der Waals surface area contributed by atoms with E-state index in [1.165, 1.54) is 5.56 Å². The number of benzene rings is 1. The molecule has 1 aromatic carbocycles. The molecule has 0 radical (unpaired) electrons. The Morgan fingerprint density at radius 1 is 0.921 bits per heavy atom. The van der Waals surface area contributed by atoms with Gasteiger partial charge in [0.15, 0.2) is 0 Å². The number of anilines is 1. The van der Waals surface area contributed by atoms with Gasteiger partial charge in [-0.3, -0.25) is 14.4 Å². The first-order valence-electron chi connectivity index (χ1n) is 13.6. The van der Waals surface area contributed by atoms with Gasteiger partial charge in [0.2, 0.25) is 17.7 Å². The molecule has 0 spiro atoms. The van der Waals surface area contributed by atoms with Crippen molar-refractivity contribution in [1.82, 2.24) is 21.3 Å². The van der Waals surface area contributed by atoms with Crippen LogP contribution in [0.2, 0.25) is 0 Å². The maximum absolute atomic E-state index is 13.2. The molecule has 1 aromatic rings. The van der Waals surface area contributed by atoms with Crippen LogP contribution in [0.4, 0.5) is 10.5 Å². The van der Waals surface area contributed by atoms with Gasteiger partial charge in [0.25, 0.3) is 0 Å². The third-order valence-electron chi connectivity index (χ3n) is 5.86. The van der Waals surface area contributed by atoms with E-state index < -0.39 is 24.0 Å². The molecule has 0 aliphatic heterocycles. The fraction of sp³-hybridized carbons (Fsp3) is 0.643. The Kier molecular flexibility index (Phi) is 14.4. The predicted octanol–water partition coefficient (Wildman–Crippen LogP) is 2.82. The molecule has 214 valence electrons. The Labute approximate surface area is 227 Å². The number of carbonyl (C=O) groups excluding carboxylic acids is 4. The molecule has 10 heteroatoms. The lowest BCUT2D eigenvalue weighted by atomic mass is 10.0. The highest BCUT2D eigenvalue weighted by Crippen LogP contribution is 2.13. The number of primary amides is 1. The molecule has 0 heterocycles. The lowest BCUT2D eigenvalue weighted by molar-refractivity contribution is -0.132. The number of nitrogens with one attached hydrogen (secondary N) is 5. The summed E-state index contributed by atoms with van der Waals surface area (Å²) in [5.74, 6) is -1.20. The van der Waals surface area contributed by atoms with Crippen molar-refractivity contribution in [3.63, 3.8) is 0 Å². The zero-order valence-corrected chi connectivity index (χ0v) is 23.9. The summed E-state index contributed by atoms with van der Waals surface area (Å²) < 4.78 is 0. The highest BCUT2D eigenvalue weighted by atomic mass is 16.2. The number of urea groups is 1. The Bertz CT molecular complexity index is 896. The van der Waals surface area contributed by atoms with Crippen LogP contribution in [-0.2, 0) is 20.8 Å². The Balaban J connectivity index is 2.83. The fourth-order valence-electron chi connectivity index (χ4n) is 3.81. The molecule has 0 aromatic heterocycles. The molecule has 38 heavy (non-hydrogen) atoms. The van der Waals surface area contributed by atoms with Gasteiger partial charge in [0.1, 0.15) is 12.1 Å². The Hall–Kier alpha value is -3.14. The average Bonchev–Trinajstić information content (AvgIpc) is 2.82. The van der Waals surface area contributed by atoms with Crippen molar-refractivity contribution < 1.29 is 19.2 Å². The molecule has 0 fully saturated rings. The van der Waals surface area contributed by atoms with Crippen molar-refractivity contribution in [2.45, 2.75) is 97.7 Å². The van der Waals surface area contributed by atoms with Gasteiger partial charge in [-0.1, -0.05) is 39.3 Å². The van der Waals surface area contributed by atoms with Gasteiger partial charge in [-0.2, -0.15) is 0 Å². The van der Waals surface area contributed by atoms with Crippen LogP contribution in [0, 0.1) is 5.92 Å². The highest BCUT2D eigenvalue weighted by Gasteiger charge is 2.28. The molecular formula is C28H48N6O4. The van der Waals surface area contributed by atoms with Crippen molar-refractivity contribution in [2.24, 2.45) is 11.7 Å². The predicted molar refractivity (Wildman–Crippen MR) is 152 cm³/mol. The van der Waals surface area contributed by atoms with Crippen LogP contribution in [0.1, 0.15) is 79.2 Å². The van der Waals surface area contributed by atoms with Crippen LogP contribution < -0.4 is 32.3 Å². The van der Waals surface area contributed by atoms with Crippen molar-refractivity contribution in [3.05, 3.63) is 29.8 Å². The summed E-state index contributed by atoms with van der Waals surface area (Å²) in [6.07, 6.45) is 3.62. The second-order valence-electron chi connectivity index (χ2n) is 11.0. The quantitative estimate of drug-likeness (QED) is 0.181. The summed E-state index contributed by atoms with van der Waals surface area (Å²) in [7, 11) is 0. The Morgan fingerprint density at radius 3 is 2.13 bits per heavy atom. The number of nitrogens with two attached hydrogens (primary N) is 1. The minimum atomic E-state index is -0.860. The van der Waals surface area contributed by atoms with Gasteiger partial charge >= 0.3 is 6.03 Å². The smallest absolute Gasteiger partial charge is 0.312 e. The van der Waals surface area contributed by atoms with Gasteiger partial charge in [-0.25, -0.2) is 4.79 Å². The van der Waals surface area contributed by atoms with E-state index >= 15 is 0 Å². The number of carbonyl (C=O) groups is 4. The minimum Gasteiger partial charge on any atom is -0.352 e. The molecule has 0 saturated heterocycles. The summed E-state index contributed by atoms with van der Waals surface area (Å²) in [5, 5.41) is 14.3. The summed E-state index contributed by atoms with van der Waals surface area (Å²) in [6, 6.07) is 5.30. The van der Waals surface area contributed by atoms with Crippen molar-refractivity contribution in [3.8, 4) is 0 Å². The lowest BCUT2D eigenvalue weighted by Crippen LogP contribution is -2.54. The number of aryl methyl sites for hydroxylation is 1. The van der Waals surface area contributed by atoms with Gasteiger partial charge in [-0.15, -0.1) is 0 Å². The molecule has 2 atom stereocenters. The molecule has 0 bridgehead atoms. The van der Waals surface area contributed by atoms with Gasteiger partial charge in [-0.05, 0) is 76.6 Å². The van der Waals surface area contributed by atoms with E-state index in [9.17, 15) is 19.2 Å². The maximum atomic E-state index is 13.2. The molecule has 0 aliphatic rings. The van der Waals surface area contributed by atoms with Crippen LogP contribution in [0.3, 0.4) is 0 Å². The Morgan fingerprint density at radius 2 is 1.58 bits per heavy atom. The summed E-state index contributed by atoms with van der Waals surface area (Å²) in [5.41, 5.74) is 6.90. The highest BCUT2D eigenvalue weighted by molar-refractivity contribution is 5.98. The average molecular weight is 533 g/mol. The third-order valence-corrected chi connectivity index (χ3v) is 5.86. The zero-order chi connectivity index (χ0) is 28.7. The first-order chi connectivity index (χ1) is 17.8. The topological polar surface area (TPSA) is 154 Å². The van der Waals surface area contributed by atoms with Gasteiger partial charge in [0.05, 0.1) is 0 Å². The fourth-order valence-corrected chi connectivity index (χ4v) is 3.81. The van der Waals surface area contributed by atoms with Crippen molar-refractivity contribution in [2.75, 3.05) is 18.4 Å². The SMILES string of the molecule is CCCc1ccc(NC(=O)[C@H](CCCNC(N)=O)NC(=O)[C@@H](NC(=O)CCCNC(C)(C)C)C(C)C)cc1. The molecule has 5 amide bonds. The lowest BCUT2D eigenvalue weighted by Gasteiger charge is -2.25. The molecule has 0 unspecified atom stereocenters. The van der Waals surface area contributed by atoms with Crippen molar-refractivity contribution >= 4 is 29.4 Å². The zero-order valence-electron chi connectivity index (χ0n) is 23.9. The maximum Gasteiger partial charge on any atom is 0.312 e. The first-order valence-corrected chi connectivity index (χ1v) is 13.6. The molecule has 0 saturated carbocycles. The van der Waals surface area contributed by atoms with Crippen LogP contribution >= 0.6 is 0 Å². The van der Waals surface area contributed by atoms with E-state index in [0.29, 0.717) is 25.1 Å². The summed E-state index contributed by atoms with van der Waals surface area (Å²) in [4.78, 5) is 49.9. The molecule has 10 nitrogen and oxygen atoms in total. The normalized spacial score (nSPS) is 12.9. The van der Waals surface area contributed by atoms with E-state index in [1.807, 2.05) is 38.1 Å². The molecule has 7 N–H and O–H groups in total. The molecule has 1 rings (SSSR count). The number of hydrogen-bond donors (Lipinski definition) is 6. The number of hydrogen-bond acceptors (Lipinski definition) is 5. The van der Waals surface area contributed by atoms with Crippen LogP contribution in [0.15, 0.2) is 24.3 Å². The van der Waals surface area contributed by atoms with E-state index in [2.05, 4.69) is 54.3 Å². The van der Waals surface area contributed by atoms with Crippen LogP contribution in [0.25, 0.3) is 0 Å². The summed E-state index contributed by atoms with van der Waals surface area (Å²) >= 11 is 0. The second kappa shape index (κ2) is 16.7. The van der Waals surface area contributed by atoms with Gasteiger partial charge in [0, 0.05) is 24.2 Å². The minimum absolute atomic E-state index is 0.0308. The molecule has 0 aliphatic carbocycles. The van der Waals surface area contributed by atoms with E-state index in [1.54, 1.807) is 0 Å². The standard InChI is InChI=1S/C28H48N6O4/c1-7-10-20-13-15-21(16-14-20)32-25(36)22(11-8-17-30-27(29)38)33-26(37)24(19(2)3)34-23(35)12-9-18-31-28(4,5)6/h13-16,19,22,24,31H,7-12,17-18H2,1-6H3,(H,32,36)(H,33,37)(H,34,35)(H3,29,30,38)/t22-,24-/m0/s1. The van der Waals surface area contributed by atoms with Gasteiger partial charge < -0.3 is 32.3 Å². The monoisotopic (exact) mass is 532 g/mol. The number of rotatable bonds is 16. The van der Waals surface area contributed by atoms with E-state index in [-0.39, 0.29) is 42.7 Å². The van der Waals surface area contributed by atoms with E-state index in [4.69, 9.17) is 5.73 Å². The summed E-state index contributed by atoms with van der Waals surface area (Å²) in [6.45, 7) is 12.9. The van der Waals surface area contributed by atoms with Crippen LogP contribution in [0.5, 0.6) is 0 Å². The first kappa shape index (κ1) is 32.9.